The molecule has 0 unspecified atom stereocenters. The van der Waals surface area contributed by atoms with Gasteiger partial charge in [-0.15, -0.1) is 0 Å². The average Bonchev–Trinajstić information content (AvgIpc) is 2.96. The summed E-state index contributed by atoms with van der Waals surface area (Å²) in [6.45, 7) is 8.41. The smallest absolute Gasteiger partial charge is 0.376 e. The van der Waals surface area contributed by atoms with Crippen LogP contribution in [0.4, 0.5) is 0 Å². The molecule has 0 aliphatic heterocycles. The van der Waals surface area contributed by atoms with Crippen molar-refractivity contribution in [3.8, 4) is 0 Å². The highest BCUT2D eigenvalue weighted by Gasteiger charge is 2.41. The van der Waals surface area contributed by atoms with E-state index in [0.29, 0.717) is 18.2 Å². The van der Waals surface area contributed by atoms with Gasteiger partial charge in [0.05, 0.1) is 12.3 Å². The number of esters is 1. The summed E-state index contributed by atoms with van der Waals surface area (Å²) >= 11 is 0. The maximum absolute atomic E-state index is 11.9. The van der Waals surface area contributed by atoms with Gasteiger partial charge in [-0.25, -0.2) is 9.78 Å². The fourth-order valence-electron chi connectivity index (χ4n) is 3.35. The van der Waals surface area contributed by atoms with Crippen molar-refractivity contribution in [1.82, 2.24) is 4.98 Å². The van der Waals surface area contributed by atoms with E-state index in [1.54, 1.807) is 6.92 Å². The fraction of sp³-hybridized carbons (Fsp3) is 0.750. The molecule has 0 spiro atoms. The fourth-order valence-corrected chi connectivity index (χ4v) is 3.35. The standard InChI is InChI=1S/C16H25NO3/c1-5-19-14(18)13-12(4)17-15(20-13)16(10-11(2)3)8-6-7-9-16/h11H,5-10H2,1-4H3. The van der Waals surface area contributed by atoms with Crippen molar-refractivity contribution in [2.75, 3.05) is 6.61 Å². The van der Waals surface area contributed by atoms with Gasteiger partial charge in [-0.05, 0) is 39.0 Å². The van der Waals surface area contributed by atoms with Gasteiger partial charge in [0.25, 0.3) is 0 Å². The Hall–Kier alpha value is -1.32. The molecule has 4 heteroatoms. The molecule has 1 aliphatic carbocycles. The quantitative estimate of drug-likeness (QED) is 0.764. The molecule has 0 amide bonds. The van der Waals surface area contributed by atoms with Crippen LogP contribution in [-0.4, -0.2) is 17.6 Å². The van der Waals surface area contributed by atoms with Crippen molar-refractivity contribution in [2.45, 2.75) is 65.2 Å². The molecule has 1 heterocycles. The maximum Gasteiger partial charge on any atom is 0.376 e. The molecule has 2 rings (SSSR count). The number of aromatic nitrogens is 1. The highest BCUT2D eigenvalue weighted by atomic mass is 16.5. The molecule has 0 bridgehead atoms. The molecule has 1 aliphatic rings. The van der Waals surface area contributed by atoms with E-state index in [4.69, 9.17) is 9.15 Å². The molecule has 4 nitrogen and oxygen atoms in total. The minimum absolute atomic E-state index is 0.0175. The van der Waals surface area contributed by atoms with E-state index in [1.807, 2.05) is 6.92 Å². The summed E-state index contributed by atoms with van der Waals surface area (Å²) in [7, 11) is 0. The van der Waals surface area contributed by atoms with Gasteiger partial charge in [0, 0.05) is 5.41 Å². The number of rotatable bonds is 5. The normalized spacial score (nSPS) is 17.6. The first-order valence-corrected chi connectivity index (χ1v) is 7.63. The Bertz CT molecular complexity index is 470. The Balaban J connectivity index is 2.31. The van der Waals surface area contributed by atoms with Crippen LogP contribution in [0.2, 0.25) is 0 Å². The lowest BCUT2D eigenvalue weighted by Gasteiger charge is -2.27. The SMILES string of the molecule is CCOC(=O)c1oc(C2(CC(C)C)CCCC2)nc1C. The van der Waals surface area contributed by atoms with Gasteiger partial charge in [0.15, 0.2) is 0 Å². The molecule has 0 atom stereocenters. The van der Waals surface area contributed by atoms with Crippen molar-refractivity contribution >= 4 is 5.97 Å². The molecule has 0 aromatic carbocycles. The predicted octanol–water partition coefficient (Wildman–Crippen LogP) is 4.02. The number of ether oxygens (including phenoxy) is 1. The average molecular weight is 279 g/mol. The Morgan fingerprint density at radius 3 is 2.60 bits per heavy atom. The first-order valence-electron chi connectivity index (χ1n) is 7.63. The van der Waals surface area contributed by atoms with Crippen molar-refractivity contribution in [2.24, 2.45) is 5.92 Å². The van der Waals surface area contributed by atoms with Gasteiger partial charge in [-0.3, -0.25) is 0 Å². The summed E-state index contributed by atoms with van der Waals surface area (Å²) in [6.07, 6.45) is 5.70. The van der Waals surface area contributed by atoms with Gasteiger partial charge in [-0.1, -0.05) is 26.7 Å². The van der Waals surface area contributed by atoms with Gasteiger partial charge in [-0.2, -0.15) is 0 Å². The zero-order valence-electron chi connectivity index (χ0n) is 13.0. The van der Waals surface area contributed by atoms with Crippen molar-refractivity contribution in [3.05, 3.63) is 17.3 Å². The number of carbonyl (C=O) groups excluding carboxylic acids is 1. The number of hydrogen-bond donors (Lipinski definition) is 0. The Morgan fingerprint density at radius 2 is 2.05 bits per heavy atom. The summed E-state index contributed by atoms with van der Waals surface area (Å²) < 4.78 is 10.9. The summed E-state index contributed by atoms with van der Waals surface area (Å²) in [6, 6.07) is 0. The lowest BCUT2D eigenvalue weighted by molar-refractivity contribution is 0.0483. The summed E-state index contributed by atoms with van der Waals surface area (Å²) in [5.41, 5.74) is 0.664. The van der Waals surface area contributed by atoms with Crippen LogP contribution in [0.1, 0.15) is 75.0 Å². The molecule has 1 fully saturated rings. The lowest BCUT2D eigenvalue weighted by Crippen LogP contribution is -2.24. The van der Waals surface area contributed by atoms with Crippen molar-refractivity contribution in [1.29, 1.82) is 0 Å². The summed E-state index contributed by atoms with van der Waals surface area (Å²) in [5, 5.41) is 0. The first-order chi connectivity index (χ1) is 9.48. The third kappa shape index (κ3) is 2.89. The molecule has 0 saturated heterocycles. The minimum atomic E-state index is -0.401. The number of aryl methyl sites for hydroxylation is 1. The molecule has 1 saturated carbocycles. The molecular formula is C16H25NO3. The topological polar surface area (TPSA) is 52.3 Å². The van der Waals surface area contributed by atoms with Gasteiger partial charge >= 0.3 is 5.97 Å². The van der Waals surface area contributed by atoms with Crippen LogP contribution < -0.4 is 0 Å². The second-order valence-corrected chi connectivity index (χ2v) is 6.24. The molecule has 1 aromatic rings. The van der Waals surface area contributed by atoms with Crippen LogP contribution in [0.3, 0.4) is 0 Å². The first kappa shape index (κ1) is 15.1. The Kier molecular flexibility index (Phi) is 4.51. The largest absolute Gasteiger partial charge is 0.460 e. The zero-order chi connectivity index (χ0) is 14.8. The maximum atomic E-state index is 11.9. The van der Waals surface area contributed by atoms with E-state index in [9.17, 15) is 4.79 Å². The Morgan fingerprint density at radius 1 is 1.40 bits per heavy atom. The van der Waals surface area contributed by atoms with E-state index >= 15 is 0 Å². The monoisotopic (exact) mass is 279 g/mol. The highest BCUT2D eigenvalue weighted by molar-refractivity contribution is 5.87. The molecule has 0 radical (unpaired) electrons. The van der Waals surface area contributed by atoms with E-state index in [2.05, 4.69) is 18.8 Å². The number of nitrogens with zero attached hydrogens (tertiary/aromatic N) is 1. The van der Waals surface area contributed by atoms with Crippen LogP contribution in [0.25, 0.3) is 0 Å². The van der Waals surface area contributed by atoms with Crippen LogP contribution in [-0.2, 0) is 10.2 Å². The van der Waals surface area contributed by atoms with E-state index in [1.165, 1.54) is 12.8 Å². The molecule has 112 valence electrons. The second-order valence-electron chi connectivity index (χ2n) is 6.24. The molecule has 1 aromatic heterocycles. The molecule has 0 N–H and O–H groups in total. The van der Waals surface area contributed by atoms with Crippen LogP contribution >= 0.6 is 0 Å². The summed E-state index contributed by atoms with van der Waals surface area (Å²) in [4.78, 5) is 16.4. The molecule has 20 heavy (non-hydrogen) atoms. The lowest BCUT2D eigenvalue weighted by atomic mass is 9.78. The number of oxazole rings is 1. The second kappa shape index (κ2) is 5.98. The van der Waals surface area contributed by atoms with E-state index in [-0.39, 0.29) is 11.2 Å². The third-order valence-electron chi connectivity index (χ3n) is 4.07. The highest BCUT2D eigenvalue weighted by Crippen LogP contribution is 2.45. The van der Waals surface area contributed by atoms with Crippen molar-refractivity contribution < 1.29 is 13.9 Å². The van der Waals surface area contributed by atoms with E-state index in [0.717, 1.165) is 25.2 Å². The number of carbonyl (C=O) groups is 1. The third-order valence-corrected chi connectivity index (χ3v) is 4.07. The predicted molar refractivity (Wildman–Crippen MR) is 76.8 cm³/mol. The van der Waals surface area contributed by atoms with Crippen LogP contribution in [0, 0.1) is 12.8 Å². The van der Waals surface area contributed by atoms with Crippen molar-refractivity contribution in [3.63, 3.8) is 0 Å². The molecular weight excluding hydrogens is 254 g/mol. The van der Waals surface area contributed by atoms with E-state index < -0.39 is 5.97 Å². The minimum Gasteiger partial charge on any atom is -0.460 e. The van der Waals surface area contributed by atoms with Gasteiger partial charge < -0.3 is 9.15 Å². The summed E-state index contributed by atoms with van der Waals surface area (Å²) in [5.74, 6) is 1.20. The zero-order valence-corrected chi connectivity index (χ0v) is 13.0. The van der Waals surface area contributed by atoms with Crippen LogP contribution in [0.5, 0.6) is 0 Å². The van der Waals surface area contributed by atoms with Crippen LogP contribution in [0.15, 0.2) is 4.42 Å². The number of hydrogen-bond acceptors (Lipinski definition) is 4. The van der Waals surface area contributed by atoms with Gasteiger partial charge in [0.2, 0.25) is 11.7 Å². The van der Waals surface area contributed by atoms with Gasteiger partial charge in [0.1, 0.15) is 0 Å². The Labute approximate surface area is 120 Å².